The average molecular weight is 294 g/mol. The van der Waals surface area contributed by atoms with E-state index in [9.17, 15) is 0 Å². The Morgan fingerprint density at radius 2 is 0.750 bits per heavy atom. The molecule has 0 fully saturated rings. The normalized spacial score (nSPS) is 0. The van der Waals surface area contributed by atoms with Gasteiger partial charge >= 0.3 is 0 Å². The van der Waals surface area contributed by atoms with Gasteiger partial charge in [0.2, 0.25) is 0 Å². The topological polar surface area (TPSA) is 88.5 Å². The van der Waals surface area contributed by atoms with Crippen LogP contribution in [0, 0.1) is 29.2 Å². The van der Waals surface area contributed by atoms with Crippen molar-refractivity contribution in [2.45, 2.75) is 0 Å². The van der Waals surface area contributed by atoms with Gasteiger partial charge in [-0.2, -0.15) is 0 Å². The molecule has 0 saturated heterocycles. The standard InChI is InChI=1S/H2O.2O.Pu/h1H2;;;/q;2*-2;. The van der Waals surface area contributed by atoms with E-state index >= 15 is 0 Å². The van der Waals surface area contributed by atoms with Gasteiger partial charge in [0.15, 0.2) is 0 Å². The van der Waals surface area contributed by atoms with Crippen molar-refractivity contribution in [3.8, 4) is 0 Å². The maximum absolute atomic E-state index is 0. The molecular formula is H2O3Pu-4. The van der Waals surface area contributed by atoms with Gasteiger partial charge in [0.25, 0.3) is 0 Å². The first-order valence-electron chi connectivity index (χ1n) is 0. The molecule has 3 nitrogen and oxygen atoms in total. The average Bonchev–Trinajstić information content (AvgIpc) is 0. The molecule has 4 heteroatoms. The summed E-state index contributed by atoms with van der Waals surface area (Å²) in [4.78, 5) is 0. The summed E-state index contributed by atoms with van der Waals surface area (Å²) in [6, 6.07) is 0. The third-order valence-electron chi connectivity index (χ3n) is 0. The van der Waals surface area contributed by atoms with Crippen LogP contribution in [0.4, 0.5) is 0 Å². The zero-order valence-corrected chi connectivity index (χ0v) is 5.12. The van der Waals surface area contributed by atoms with Crippen LogP contribution in [0.1, 0.15) is 0 Å². The zero-order chi connectivity index (χ0) is 0. The molecule has 0 heterocycles. The van der Waals surface area contributed by atoms with Crippen molar-refractivity contribution in [1.29, 1.82) is 0 Å². The molecule has 0 unspecified atom stereocenters. The fourth-order valence-corrected chi connectivity index (χ4v) is 0. The van der Waals surface area contributed by atoms with Crippen molar-refractivity contribution in [3.05, 3.63) is 0 Å². The molecule has 0 bridgehead atoms. The van der Waals surface area contributed by atoms with Crippen LogP contribution >= 0.6 is 0 Å². The molecule has 0 saturated carbocycles. The van der Waals surface area contributed by atoms with E-state index in [-0.39, 0.29) is 45.6 Å². The van der Waals surface area contributed by atoms with Crippen LogP contribution in [0.25, 0.3) is 0 Å². The molecule has 0 atom stereocenters. The van der Waals surface area contributed by atoms with Gasteiger partial charge < -0.3 is 16.4 Å². The molecule has 0 aromatic heterocycles. The van der Waals surface area contributed by atoms with Crippen LogP contribution in [0.5, 0.6) is 0 Å². The molecule has 0 aromatic carbocycles. The molecule has 0 rings (SSSR count). The Kier molecular flexibility index (Phi) is 1020. The van der Waals surface area contributed by atoms with E-state index in [0.717, 1.165) is 0 Å². The fraction of sp³-hybridized carbons (Fsp3) is 0. The van der Waals surface area contributed by atoms with Gasteiger partial charge in [-0.3, -0.25) is 0 Å². The Bertz CT molecular complexity index is 3.25. The second-order valence-electron chi connectivity index (χ2n) is 0. The van der Waals surface area contributed by atoms with Crippen LogP contribution in [0.2, 0.25) is 0 Å². The number of rotatable bonds is 0. The minimum Gasteiger partial charge on any atom is -2.00 e. The molecule has 2 N–H and O–H groups in total. The minimum absolute atomic E-state index is 0. The predicted octanol–water partition coefficient (Wildman–Crippen LogP) is -1.06. The molecule has 4 heavy (non-hydrogen) atoms. The van der Waals surface area contributed by atoms with Gasteiger partial charge in [-0.1, -0.05) is 0 Å². The first-order chi connectivity index (χ1) is 0. The Morgan fingerprint density at radius 1 is 0.750 bits per heavy atom. The molecule has 0 aromatic rings. The summed E-state index contributed by atoms with van der Waals surface area (Å²) in [5.41, 5.74) is 0. The van der Waals surface area contributed by atoms with Crippen molar-refractivity contribution in [1.82, 2.24) is 0 Å². The van der Waals surface area contributed by atoms with Gasteiger partial charge in [-0.05, 0) is 0 Å². The smallest absolute Gasteiger partial charge is 0 e. The van der Waals surface area contributed by atoms with Crippen molar-refractivity contribution in [2.75, 3.05) is 0 Å². The monoisotopic (exact) mass is 288 g/mol. The predicted molar refractivity (Wildman–Crippen MR) is 4.99 cm³/mol. The van der Waals surface area contributed by atoms with E-state index in [4.69, 9.17) is 0 Å². The summed E-state index contributed by atoms with van der Waals surface area (Å²) in [5.74, 6) is 0. The summed E-state index contributed by atoms with van der Waals surface area (Å²) >= 11 is 0. The maximum Gasteiger partial charge on any atom is 0 e. The van der Waals surface area contributed by atoms with Gasteiger partial charge in [0.05, 0.1) is 0 Å². The van der Waals surface area contributed by atoms with Gasteiger partial charge in [0, 0.05) is 29.2 Å². The van der Waals surface area contributed by atoms with Gasteiger partial charge in [0.1, 0.15) is 0 Å². The van der Waals surface area contributed by atoms with E-state index in [1.54, 1.807) is 0 Å². The quantitative estimate of drug-likeness (QED) is 0.545. The van der Waals surface area contributed by atoms with Crippen LogP contribution < -0.4 is 0 Å². The van der Waals surface area contributed by atoms with E-state index in [1.807, 2.05) is 0 Å². The van der Waals surface area contributed by atoms with Crippen molar-refractivity contribution < 1.29 is 45.6 Å². The molecule has 0 aliphatic rings. The van der Waals surface area contributed by atoms with Gasteiger partial charge in [-0.25, -0.2) is 0 Å². The summed E-state index contributed by atoms with van der Waals surface area (Å²) in [6.07, 6.45) is 0. The van der Waals surface area contributed by atoms with E-state index < -0.39 is 0 Å². The van der Waals surface area contributed by atoms with E-state index in [1.165, 1.54) is 0 Å². The Balaban J connectivity index is 0. The number of hydrogen-bond acceptors (Lipinski definition) is 0. The number of hydrogen-bond donors (Lipinski definition) is 0. The summed E-state index contributed by atoms with van der Waals surface area (Å²) in [5, 5.41) is 0. The third kappa shape index (κ3) is 13.3. The van der Waals surface area contributed by atoms with Crippen molar-refractivity contribution >= 4 is 0 Å². The van der Waals surface area contributed by atoms with E-state index in [0.29, 0.717) is 0 Å². The van der Waals surface area contributed by atoms with Crippen LogP contribution in [-0.4, -0.2) is 5.48 Å². The summed E-state index contributed by atoms with van der Waals surface area (Å²) in [6.45, 7) is 0. The van der Waals surface area contributed by atoms with Crippen LogP contribution in [-0.2, 0) is 11.0 Å². The molecule has 0 amide bonds. The minimum atomic E-state index is 0. The molecule has 0 aliphatic heterocycles. The third-order valence-corrected chi connectivity index (χ3v) is 0. The zero-order valence-electron chi connectivity index (χ0n) is 1.72. The molecule has 0 spiro atoms. The van der Waals surface area contributed by atoms with E-state index in [2.05, 4.69) is 0 Å². The van der Waals surface area contributed by atoms with Crippen molar-refractivity contribution in [3.63, 3.8) is 0 Å². The second kappa shape index (κ2) is 42.3. The fourth-order valence-electron chi connectivity index (χ4n) is 0. The summed E-state index contributed by atoms with van der Waals surface area (Å²) in [7, 11) is 0. The molecule has 0 radical (unpaired) electrons. The maximum atomic E-state index is 0. The van der Waals surface area contributed by atoms with Crippen LogP contribution in [0.3, 0.4) is 0 Å². The first-order valence-corrected chi connectivity index (χ1v) is 0. The molecular weight excluding hydrogens is 292 g/mol. The first kappa shape index (κ1) is 96.8. The SMILES string of the molecule is O.[O-2].[O-2].[Pu]. The summed E-state index contributed by atoms with van der Waals surface area (Å²) < 4.78 is 0. The van der Waals surface area contributed by atoms with Crippen molar-refractivity contribution in [2.24, 2.45) is 0 Å². The van der Waals surface area contributed by atoms with Crippen LogP contribution in [0.15, 0.2) is 0 Å². The Hall–Kier alpha value is 0.867. The van der Waals surface area contributed by atoms with Gasteiger partial charge in [-0.15, -0.1) is 0 Å². The molecule has 30 valence electrons. The Labute approximate surface area is 45.9 Å². The molecule has 0 aliphatic carbocycles. The largest absolute Gasteiger partial charge is 2.00 e. The second-order valence-corrected chi connectivity index (χ2v) is 0. The Morgan fingerprint density at radius 3 is 0.750 bits per heavy atom.